The van der Waals surface area contributed by atoms with E-state index in [4.69, 9.17) is 19.1 Å². The number of ether oxygens (including phenoxy) is 2. The smallest absolute Gasteiger partial charge is 0.462 e. The molecule has 3 N–H and O–H groups in total. The van der Waals surface area contributed by atoms with Crippen LogP contribution in [0.3, 0.4) is 0 Å². The number of esters is 2. The lowest BCUT2D eigenvalue weighted by atomic mass is 10.0. The van der Waals surface area contributed by atoms with Gasteiger partial charge < -0.3 is 24.6 Å². The zero-order valence-corrected chi connectivity index (χ0v) is 34.9. The summed E-state index contributed by atoms with van der Waals surface area (Å²) in [6, 6.07) is 0. The molecule has 0 rings (SSSR count). The van der Waals surface area contributed by atoms with Gasteiger partial charge in [0.25, 0.3) is 0 Å². The minimum Gasteiger partial charge on any atom is -0.462 e. The third-order valence-electron chi connectivity index (χ3n) is 9.42. The molecule has 0 aliphatic carbocycles. The summed E-state index contributed by atoms with van der Waals surface area (Å²) in [5, 5.41) is 18.3. The zero-order chi connectivity index (χ0) is 39.1. The molecule has 0 aromatic rings. The van der Waals surface area contributed by atoms with Gasteiger partial charge in [0.15, 0.2) is 6.10 Å². The molecule has 1 unspecified atom stereocenters. The van der Waals surface area contributed by atoms with Crippen molar-refractivity contribution >= 4 is 19.8 Å². The van der Waals surface area contributed by atoms with E-state index in [-0.39, 0.29) is 19.4 Å². The highest BCUT2D eigenvalue weighted by Gasteiger charge is 2.27. The Kier molecular flexibility index (Phi) is 38.0. The van der Waals surface area contributed by atoms with E-state index in [1.165, 1.54) is 116 Å². The fraction of sp³-hybridized carbons (Fsp3) is 0.905. The van der Waals surface area contributed by atoms with E-state index in [1.807, 2.05) is 0 Å². The Balaban J connectivity index is 4.28. The van der Waals surface area contributed by atoms with Gasteiger partial charge in [0.05, 0.1) is 19.8 Å². The first kappa shape index (κ1) is 51.7. The maximum atomic E-state index is 12.6. The normalized spacial score (nSPS) is 14.0. The minimum absolute atomic E-state index is 0.188. The minimum atomic E-state index is -4.61. The molecule has 0 saturated heterocycles. The Morgan fingerprint density at radius 2 is 0.925 bits per heavy atom. The number of rotatable bonds is 41. The SMILES string of the molecule is CCCCCCCC/C=C\CCCCCCCC(=O)OC[C@H](COP(=O)(O)OC[C@@H](O)CO)OC(=O)CCCCCCCCCCCCCCCCC. The molecule has 0 radical (unpaired) electrons. The maximum absolute atomic E-state index is 12.6. The summed E-state index contributed by atoms with van der Waals surface area (Å²) in [5.74, 6) is -0.924. The number of carbonyl (C=O) groups is 2. The second-order valence-corrected chi connectivity index (χ2v) is 16.2. The quantitative estimate of drug-likeness (QED) is 0.0237. The first-order valence-electron chi connectivity index (χ1n) is 21.6. The van der Waals surface area contributed by atoms with Gasteiger partial charge in [0.1, 0.15) is 12.7 Å². The summed E-state index contributed by atoms with van der Waals surface area (Å²) in [6.07, 6.45) is 36.0. The van der Waals surface area contributed by atoms with Crippen molar-refractivity contribution in [2.45, 2.75) is 219 Å². The van der Waals surface area contributed by atoms with Crippen LogP contribution in [-0.2, 0) is 32.7 Å². The first-order chi connectivity index (χ1) is 25.7. The van der Waals surface area contributed by atoms with Crippen LogP contribution in [0.4, 0.5) is 0 Å². The van der Waals surface area contributed by atoms with Crippen molar-refractivity contribution in [3.8, 4) is 0 Å². The summed E-state index contributed by atoms with van der Waals surface area (Å²) in [4.78, 5) is 34.9. The van der Waals surface area contributed by atoms with Crippen LogP contribution in [0.1, 0.15) is 206 Å². The van der Waals surface area contributed by atoms with Crippen molar-refractivity contribution in [3.63, 3.8) is 0 Å². The summed E-state index contributed by atoms with van der Waals surface area (Å²) in [5.41, 5.74) is 0. The van der Waals surface area contributed by atoms with E-state index in [9.17, 15) is 24.2 Å². The Morgan fingerprint density at radius 3 is 1.36 bits per heavy atom. The van der Waals surface area contributed by atoms with Crippen LogP contribution in [-0.4, -0.2) is 65.7 Å². The Morgan fingerprint density at radius 1 is 0.547 bits per heavy atom. The summed E-state index contributed by atoms with van der Waals surface area (Å²) >= 11 is 0. The van der Waals surface area contributed by atoms with Crippen LogP contribution in [0.15, 0.2) is 12.2 Å². The summed E-state index contributed by atoms with van der Waals surface area (Å²) in [7, 11) is -4.61. The van der Waals surface area contributed by atoms with Crippen LogP contribution < -0.4 is 0 Å². The molecule has 0 aliphatic rings. The van der Waals surface area contributed by atoms with Gasteiger partial charge in [0, 0.05) is 12.8 Å². The molecular formula is C42H81O10P. The van der Waals surface area contributed by atoms with E-state index < -0.39 is 51.8 Å². The Bertz CT molecular complexity index is 899. The summed E-state index contributed by atoms with van der Waals surface area (Å²) < 4.78 is 32.7. The van der Waals surface area contributed by atoms with Gasteiger partial charge >= 0.3 is 19.8 Å². The molecule has 0 bridgehead atoms. The van der Waals surface area contributed by atoms with Crippen molar-refractivity contribution < 1.29 is 47.8 Å². The summed E-state index contributed by atoms with van der Waals surface area (Å²) in [6.45, 7) is 2.39. The van der Waals surface area contributed by atoms with Crippen LogP contribution >= 0.6 is 7.82 Å². The van der Waals surface area contributed by atoms with Crippen molar-refractivity contribution in [1.29, 1.82) is 0 Å². The average Bonchev–Trinajstić information content (AvgIpc) is 3.14. The lowest BCUT2D eigenvalue weighted by Crippen LogP contribution is -2.29. The fourth-order valence-electron chi connectivity index (χ4n) is 6.05. The van der Waals surface area contributed by atoms with Gasteiger partial charge in [-0.3, -0.25) is 18.6 Å². The highest BCUT2D eigenvalue weighted by Crippen LogP contribution is 2.43. The van der Waals surface area contributed by atoms with Crippen molar-refractivity contribution in [1.82, 2.24) is 0 Å². The number of aliphatic hydroxyl groups is 2. The largest absolute Gasteiger partial charge is 0.472 e. The van der Waals surface area contributed by atoms with E-state index in [0.29, 0.717) is 12.8 Å². The van der Waals surface area contributed by atoms with Gasteiger partial charge in [-0.2, -0.15) is 0 Å². The highest BCUT2D eigenvalue weighted by atomic mass is 31.2. The number of hydrogen-bond donors (Lipinski definition) is 3. The third kappa shape index (κ3) is 38.8. The van der Waals surface area contributed by atoms with Gasteiger partial charge in [-0.05, 0) is 38.5 Å². The standard InChI is InChI=1S/C42H81O10P/c1-3-5-7-9-11-13-15-17-19-21-23-25-27-29-31-33-41(45)49-37-40(38-51-53(47,48)50-36-39(44)35-43)52-42(46)34-32-30-28-26-24-22-20-18-16-14-12-10-8-6-4-2/h17,19,39-40,43-44H,3-16,18,20-38H2,1-2H3,(H,47,48)/b19-17-/t39-,40+/m0/s1. The van der Waals surface area contributed by atoms with Gasteiger partial charge in [-0.1, -0.05) is 167 Å². The predicted octanol–water partition coefficient (Wildman–Crippen LogP) is 11.2. The lowest BCUT2D eigenvalue weighted by Gasteiger charge is -2.20. The molecule has 11 heteroatoms. The molecule has 0 aromatic carbocycles. The van der Waals surface area contributed by atoms with E-state index >= 15 is 0 Å². The number of carbonyl (C=O) groups excluding carboxylic acids is 2. The van der Waals surface area contributed by atoms with Crippen LogP contribution in [0.5, 0.6) is 0 Å². The molecule has 53 heavy (non-hydrogen) atoms. The second-order valence-electron chi connectivity index (χ2n) is 14.7. The predicted molar refractivity (Wildman–Crippen MR) is 215 cm³/mol. The third-order valence-corrected chi connectivity index (χ3v) is 10.4. The monoisotopic (exact) mass is 777 g/mol. The molecule has 314 valence electrons. The molecule has 0 saturated carbocycles. The molecular weight excluding hydrogens is 695 g/mol. The number of phosphoric acid groups is 1. The molecule has 0 aliphatic heterocycles. The number of hydrogen-bond acceptors (Lipinski definition) is 9. The number of aliphatic hydroxyl groups excluding tert-OH is 2. The van der Waals surface area contributed by atoms with Crippen LogP contribution in [0.2, 0.25) is 0 Å². The van der Waals surface area contributed by atoms with Gasteiger partial charge in [0.2, 0.25) is 0 Å². The van der Waals surface area contributed by atoms with E-state index in [2.05, 4.69) is 30.5 Å². The highest BCUT2D eigenvalue weighted by molar-refractivity contribution is 7.47. The first-order valence-corrected chi connectivity index (χ1v) is 23.1. The molecule has 0 amide bonds. The molecule has 0 heterocycles. The molecule has 0 spiro atoms. The van der Waals surface area contributed by atoms with E-state index in [1.54, 1.807) is 0 Å². The van der Waals surface area contributed by atoms with Gasteiger partial charge in [-0.15, -0.1) is 0 Å². The molecule has 0 fully saturated rings. The second kappa shape index (κ2) is 39.0. The zero-order valence-electron chi connectivity index (χ0n) is 34.0. The van der Waals surface area contributed by atoms with Crippen LogP contribution in [0.25, 0.3) is 0 Å². The van der Waals surface area contributed by atoms with Crippen molar-refractivity contribution in [2.75, 3.05) is 26.4 Å². The van der Waals surface area contributed by atoms with Crippen molar-refractivity contribution in [2.24, 2.45) is 0 Å². The number of allylic oxidation sites excluding steroid dienone is 2. The Hall–Kier alpha value is -1.29. The maximum Gasteiger partial charge on any atom is 0.472 e. The molecule has 3 atom stereocenters. The molecule has 10 nitrogen and oxygen atoms in total. The number of unbranched alkanes of at least 4 members (excludes halogenated alkanes) is 25. The lowest BCUT2D eigenvalue weighted by molar-refractivity contribution is -0.161. The van der Waals surface area contributed by atoms with Gasteiger partial charge in [-0.25, -0.2) is 4.57 Å². The van der Waals surface area contributed by atoms with Crippen molar-refractivity contribution in [3.05, 3.63) is 12.2 Å². The number of phosphoric ester groups is 1. The Labute approximate surface area is 324 Å². The average molecular weight is 777 g/mol. The fourth-order valence-corrected chi connectivity index (χ4v) is 6.84. The molecule has 0 aromatic heterocycles. The topological polar surface area (TPSA) is 149 Å². The van der Waals surface area contributed by atoms with Crippen LogP contribution in [0, 0.1) is 0 Å². The van der Waals surface area contributed by atoms with E-state index in [0.717, 1.165) is 51.4 Å².